The summed E-state index contributed by atoms with van der Waals surface area (Å²) in [6.07, 6.45) is 3.39. The van der Waals surface area contributed by atoms with Crippen LogP contribution in [0.25, 0.3) is 6.08 Å². The van der Waals surface area contributed by atoms with Crippen molar-refractivity contribution in [2.45, 2.75) is 13.8 Å². The molecule has 0 aromatic heterocycles. The quantitative estimate of drug-likeness (QED) is 0.790. The van der Waals surface area contributed by atoms with Crippen LogP contribution in [-0.4, -0.2) is 68.0 Å². The van der Waals surface area contributed by atoms with E-state index in [-0.39, 0.29) is 11.8 Å². The zero-order chi connectivity index (χ0) is 18.2. The second-order valence-corrected chi connectivity index (χ2v) is 6.13. The van der Waals surface area contributed by atoms with Crippen molar-refractivity contribution in [3.63, 3.8) is 0 Å². The molecule has 1 aliphatic rings. The van der Waals surface area contributed by atoms with Crippen LogP contribution in [0.3, 0.4) is 0 Å². The molecule has 1 saturated heterocycles. The first-order valence-electron chi connectivity index (χ1n) is 8.64. The molecule has 1 fully saturated rings. The third-order valence-corrected chi connectivity index (χ3v) is 4.22. The lowest BCUT2D eigenvalue weighted by atomic mass is 10.1. The summed E-state index contributed by atoms with van der Waals surface area (Å²) in [4.78, 5) is 27.9. The summed E-state index contributed by atoms with van der Waals surface area (Å²) in [7, 11) is 1.62. The van der Waals surface area contributed by atoms with Crippen molar-refractivity contribution >= 4 is 17.9 Å². The molecule has 6 nitrogen and oxygen atoms in total. The van der Waals surface area contributed by atoms with Crippen LogP contribution < -0.4 is 10.1 Å². The largest absolute Gasteiger partial charge is 0.496 e. The number of nitrogens with zero attached hydrogens (tertiary/aromatic N) is 2. The number of carbonyl (C=O) groups excluding carboxylic acids is 2. The fourth-order valence-electron chi connectivity index (χ4n) is 2.83. The lowest BCUT2D eigenvalue weighted by molar-refractivity contribution is -0.128. The van der Waals surface area contributed by atoms with Gasteiger partial charge in [-0.15, -0.1) is 0 Å². The Hall–Kier alpha value is -2.34. The van der Waals surface area contributed by atoms with E-state index in [4.69, 9.17) is 4.74 Å². The van der Waals surface area contributed by atoms with E-state index in [1.165, 1.54) is 0 Å². The van der Waals surface area contributed by atoms with Gasteiger partial charge in [0.1, 0.15) is 5.75 Å². The Morgan fingerprint density at radius 3 is 2.60 bits per heavy atom. The first kappa shape index (κ1) is 19.0. The third-order valence-electron chi connectivity index (χ3n) is 4.22. The first-order chi connectivity index (χ1) is 12.0. The number of aryl methyl sites for hydroxylation is 1. The molecule has 0 bridgehead atoms. The van der Waals surface area contributed by atoms with Crippen LogP contribution in [0.4, 0.5) is 0 Å². The number of piperazine rings is 1. The number of hydrogen-bond donors (Lipinski definition) is 1. The van der Waals surface area contributed by atoms with Gasteiger partial charge in [0, 0.05) is 44.4 Å². The molecule has 2 rings (SSSR count). The van der Waals surface area contributed by atoms with Crippen LogP contribution in [0.15, 0.2) is 24.3 Å². The van der Waals surface area contributed by atoms with Crippen LogP contribution in [0.5, 0.6) is 5.75 Å². The fourth-order valence-corrected chi connectivity index (χ4v) is 2.83. The number of nitrogens with one attached hydrogen (secondary N) is 1. The molecular weight excluding hydrogens is 318 g/mol. The molecule has 25 heavy (non-hydrogen) atoms. The average molecular weight is 345 g/mol. The number of benzene rings is 1. The molecule has 1 N–H and O–H groups in total. The lowest BCUT2D eigenvalue weighted by Gasteiger charge is -2.33. The number of carbonyl (C=O) groups is 2. The first-order valence-corrected chi connectivity index (χ1v) is 8.64. The number of hydrogen-bond acceptors (Lipinski definition) is 4. The highest BCUT2D eigenvalue weighted by Crippen LogP contribution is 2.21. The van der Waals surface area contributed by atoms with Gasteiger partial charge >= 0.3 is 0 Å². The van der Waals surface area contributed by atoms with Gasteiger partial charge in [-0.2, -0.15) is 0 Å². The summed E-state index contributed by atoms with van der Waals surface area (Å²) in [5.74, 6) is 0.774. The van der Waals surface area contributed by atoms with Gasteiger partial charge in [-0.1, -0.05) is 11.6 Å². The Morgan fingerprint density at radius 1 is 1.24 bits per heavy atom. The molecule has 1 aromatic carbocycles. The minimum Gasteiger partial charge on any atom is -0.496 e. The normalized spacial score (nSPS) is 15.4. The topological polar surface area (TPSA) is 61.9 Å². The zero-order valence-corrected chi connectivity index (χ0v) is 15.2. The van der Waals surface area contributed by atoms with Gasteiger partial charge in [0.2, 0.25) is 11.8 Å². The summed E-state index contributed by atoms with van der Waals surface area (Å²) in [5.41, 5.74) is 2.01. The molecule has 0 aliphatic carbocycles. The van der Waals surface area contributed by atoms with E-state index in [9.17, 15) is 9.59 Å². The zero-order valence-electron chi connectivity index (χ0n) is 15.2. The number of amides is 2. The second-order valence-electron chi connectivity index (χ2n) is 6.13. The standard InChI is InChI=1S/C19H27N3O3/c1-4-20-18(23)14-21-9-11-22(12-10-21)19(24)8-6-16-13-15(2)5-7-17(16)25-3/h5-8,13H,4,9-12,14H2,1-3H3,(H,20,23)/b8-6+. The van der Waals surface area contributed by atoms with Crippen molar-refractivity contribution < 1.29 is 14.3 Å². The summed E-state index contributed by atoms with van der Waals surface area (Å²) < 4.78 is 5.33. The number of likely N-dealkylation sites (N-methyl/N-ethyl adjacent to an activating group) is 1. The summed E-state index contributed by atoms with van der Waals surface area (Å²) in [6.45, 7) is 7.64. The van der Waals surface area contributed by atoms with Crippen LogP contribution in [0.1, 0.15) is 18.1 Å². The predicted octanol–water partition coefficient (Wildman–Crippen LogP) is 1.30. The van der Waals surface area contributed by atoms with E-state index < -0.39 is 0 Å². The Bertz CT molecular complexity index is 635. The lowest BCUT2D eigenvalue weighted by Crippen LogP contribution is -2.50. The third kappa shape index (κ3) is 5.60. The molecule has 0 spiro atoms. The molecular formula is C19H27N3O3. The van der Waals surface area contributed by atoms with Crippen LogP contribution in [-0.2, 0) is 9.59 Å². The Kier molecular flexibility index (Phi) is 7.01. The Labute approximate surface area is 149 Å². The van der Waals surface area contributed by atoms with E-state index in [2.05, 4.69) is 10.2 Å². The van der Waals surface area contributed by atoms with Gasteiger partial charge in [0.05, 0.1) is 13.7 Å². The SMILES string of the molecule is CCNC(=O)CN1CCN(C(=O)/C=C/c2cc(C)ccc2OC)CC1. The van der Waals surface area contributed by atoms with Crippen LogP contribution in [0, 0.1) is 6.92 Å². The molecule has 6 heteroatoms. The van der Waals surface area contributed by atoms with E-state index in [1.807, 2.05) is 36.9 Å². The monoisotopic (exact) mass is 345 g/mol. The molecule has 0 radical (unpaired) electrons. The van der Waals surface area contributed by atoms with E-state index in [0.717, 1.165) is 16.9 Å². The molecule has 1 aromatic rings. The molecule has 1 aliphatic heterocycles. The van der Waals surface area contributed by atoms with Crippen LogP contribution >= 0.6 is 0 Å². The van der Waals surface area contributed by atoms with E-state index in [1.54, 1.807) is 19.3 Å². The number of rotatable bonds is 6. The molecule has 1 heterocycles. The van der Waals surface area contributed by atoms with Crippen molar-refractivity contribution in [1.82, 2.24) is 15.1 Å². The van der Waals surface area contributed by atoms with Crippen molar-refractivity contribution in [2.75, 3.05) is 46.4 Å². The Balaban J connectivity index is 1.88. The van der Waals surface area contributed by atoms with Gasteiger partial charge in [0.15, 0.2) is 0 Å². The van der Waals surface area contributed by atoms with Crippen molar-refractivity contribution in [2.24, 2.45) is 0 Å². The predicted molar refractivity (Wildman–Crippen MR) is 98.5 cm³/mol. The highest BCUT2D eigenvalue weighted by atomic mass is 16.5. The van der Waals surface area contributed by atoms with Gasteiger partial charge in [-0.05, 0) is 32.1 Å². The second kappa shape index (κ2) is 9.22. The van der Waals surface area contributed by atoms with Gasteiger partial charge in [-0.25, -0.2) is 0 Å². The van der Waals surface area contributed by atoms with E-state index >= 15 is 0 Å². The summed E-state index contributed by atoms with van der Waals surface area (Å²) >= 11 is 0. The molecule has 0 saturated carbocycles. The maximum absolute atomic E-state index is 12.4. The minimum atomic E-state index is -0.0128. The maximum atomic E-state index is 12.4. The minimum absolute atomic E-state index is 0.0128. The molecule has 0 atom stereocenters. The number of methoxy groups -OCH3 is 1. The average Bonchev–Trinajstić information content (AvgIpc) is 2.60. The highest BCUT2D eigenvalue weighted by molar-refractivity contribution is 5.92. The van der Waals surface area contributed by atoms with Gasteiger partial charge in [-0.3, -0.25) is 14.5 Å². The summed E-state index contributed by atoms with van der Waals surface area (Å²) in [6, 6.07) is 5.87. The van der Waals surface area contributed by atoms with Crippen molar-refractivity contribution in [3.8, 4) is 5.75 Å². The van der Waals surface area contributed by atoms with Gasteiger partial charge in [0.25, 0.3) is 0 Å². The van der Waals surface area contributed by atoms with Crippen molar-refractivity contribution in [3.05, 3.63) is 35.4 Å². The molecule has 136 valence electrons. The fraction of sp³-hybridized carbons (Fsp3) is 0.474. The Morgan fingerprint density at radius 2 is 1.96 bits per heavy atom. The number of ether oxygens (including phenoxy) is 1. The molecule has 0 unspecified atom stereocenters. The maximum Gasteiger partial charge on any atom is 0.246 e. The highest BCUT2D eigenvalue weighted by Gasteiger charge is 2.20. The van der Waals surface area contributed by atoms with Gasteiger partial charge < -0.3 is 15.0 Å². The summed E-state index contributed by atoms with van der Waals surface area (Å²) in [5, 5.41) is 2.80. The smallest absolute Gasteiger partial charge is 0.246 e. The van der Waals surface area contributed by atoms with Crippen LogP contribution in [0.2, 0.25) is 0 Å². The van der Waals surface area contributed by atoms with Crippen molar-refractivity contribution in [1.29, 1.82) is 0 Å². The van der Waals surface area contributed by atoms with E-state index in [0.29, 0.717) is 39.3 Å². The molecule has 2 amide bonds.